The van der Waals surface area contributed by atoms with Crippen molar-refractivity contribution in [1.29, 1.82) is 0 Å². The van der Waals surface area contributed by atoms with Gasteiger partial charge in [0.15, 0.2) is 6.54 Å². The lowest BCUT2D eigenvalue weighted by Gasteiger charge is -2.07. The molecule has 1 amide bonds. The second kappa shape index (κ2) is 8.43. The number of methoxy groups -OCH3 is 1. The van der Waals surface area contributed by atoms with Gasteiger partial charge in [0.2, 0.25) is 5.69 Å². The van der Waals surface area contributed by atoms with Crippen LogP contribution in [0.3, 0.4) is 0 Å². The van der Waals surface area contributed by atoms with Crippen molar-refractivity contribution < 1.29 is 23.3 Å². The smallest absolute Gasteiger partial charge is 0.404 e. The van der Waals surface area contributed by atoms with Crippen LogP contribution >= 0.6 is 11.6 Å². The summed E-state index contributed by atoms with van der Waals surface area (Å²) < 4.78 is 21.4. The molecule has 3 aromatic rings. The number of aryl methyl sites for hydroxylation is 1. The first kappa shape index (κ1) is 21.9. The van der Waals surface area contributed by atoms with Gasteiger partial charge in [-0.2, -0.15) is 4.58 Å². The first-order valence-corrected chi connectivity index (χ1v) is 10.8. The number of allylic oxidation sites excluding steroid dienone is 1. The third-order valence-electron chi connectivity index (χ3n) is 5.84. The first-order chi connectivity index (χ1) is 16.4. The Morgan fingerprint density at radius 2 is 2.00 bits per heavy atom. The Balaban J connectivity index is 1.80. The Labute approximate surface area is 199 Å². The molecule has 34 heavy (non-hydrogen) atoms. The van der Waals surface area contributed by atoms with Crippen molar-refractivity contribution in [1.82, 2.24) is 4.98 Å². The Hall–Kier alpha value is -3.97. The molecule has 5 rings (SSSR count). The number of hydrogen-bond donors (Lipinski definition) is 0. The Bertz CT molecular complexity index is 1540. The van der Waals surface area contributed by atoms with Crippen molar-refractivity contribution in [3.63, 3.8) is 0 Å². The number of fused-ring (bicyclic) bond motifs is 2. The summed E-state index contributed by atoms with van der Waals surface area (Å²) in [7, 11) is 1.26. The van der Waals surface area contributed by atoms with Gasteiger partial charge in [-0.15, -0.1) is 0 Å². The SMILES string of the molecule is COC(=O)C1=[N+](Cc2cc3ccccc3nc2Cl)c2cc(F)c(C)cc2/C1=C1\C=CC=NC1=O. The number of pyridine rings is 1. The number of hydrogen-bond acceptors (Lipinski definition) is 4. The zero-order chi connectivity index (χ0) is 24.0. The highest BCUT2D eigenvalue weighted by molar-refractivity contribution is 6.55. The molecule has 0 saturated heterocycles. The monoisotopic (exact) mass is 474 g/mol. The average Bonchev–Trinajstić information content (AvgIpc) is 3.12. The van der Waals surface area contributed by atoms with E-state index in [0.29, 0.717) is 28.0 Å². The van der Waals surface area contributed by atoms with Gasteiger partial charge >= 0.3 is 11.7 Å². The van der Waals surface area contributed by atoms with Crippen molar-refractivity contribution in [2.45, 2.75) is 13.5 Å². The molecule has 0 N–H and O–H groups in total. The van der Waals surface area contributed by atoms with Crippen LogP contribution in [0.5, 0.6) is 0 Å². The summed E-state index contributed by atoms with van der Waals surface area (Å²) in [6.07, 6.45) is 4.58. The normalized spacial score (nSPS) is 17.0. The first-order valence-electron chi connectivity index (χ1n) is 10.5. The van der Waals surface area contributed by atoms with Gasteiger partial charge in [0.25, 0.3) is 5.91 Å². The molecule has 0 spiro atoms. The fraction of sp³-hybridized carbons (Fsp3) is 0.115. The van der Waals surface area contributed by atoms with Crippen LogP contribution in [0.1, 0.15) is 16.7 Å². The van der Waals surface area contributed by atoms with Crippen LogP contribution in [0.4, 0.5) is 10.1 Å². The highest BCUT2D eigenvalue weighted by Crippen LogP contribution is 2.40. The minimum Gasteiger partial charge on any atom is -0.461 e. The number of para-hydroxylation sites is 1. The van der Waals surface area contributed by atoms with Crippen molar-refractivity contribution in [3.05, 3.63) is 87.9 Å². The summed E-state index contributed by atoms with van der Waals surface area (Å²) in [5.74, 6) is -1.61. The lowest BCUT2D eigenvalue weighted by atomic mass is 9.94. The van der Waals surface area contributed by atoms with E-state index in [4.69, 9.17) is 16.3 Å². The molecule has 6 nitrogen and oxygen atoms in total. The van der Waals surface area contributed by atoms with Crippen LogP contribution in [0.25, 0.3) is 16.5 Å². The number of dihydropyridines is 1. The number of ether oxygens (including phenoxy) is 1. The van der Waals surface area contributed by atoms with E-state index in [0.717, 1.165) is 10.9 Å². The van der Waals surface area contributed by atoms with Gasteiger partial charge in [0.1, 0.15) is 11.0 Å². The number of carbonyl (C=O) groups excluding carboxylic acids is 2. The lowest BCUT2D eigenvalue weighted by Crippen LogP contribution is -2.25. The van der Waals surface area contributed by atoms with E-state index < -0.39 is 17.7 Å². The Morgan fingerprint density at radius 1 is 1.21 bits per heavy atom. The predicted octanol–water partition coefficient (Wildman–Crippen LogP) is 4.73. The number of halogens is 2. The zero-order valence-electron chi connectivity index (χ0n) is 18.3. The molecule has 1 aromatic heterocycles. The number of nitrogens with zero attached hydrogens (tertiary/aromatic N) is 3. The van der Waals surface area contributed by atoms with Gasteiger partial charge < -0.3 is 4.74 Å². The molecule has 3 heterocycles. The second-order valence-electron chi connectivity index (χ2n) is 7.91. The fourth-order valence-electron chi connectivity index (χ4n) is 4.22. The van der Waals surface area contributed by atoms with E-state index in [1.54, 1.807) is 29.7 Å². The molecule has 0 atom stereocenters. The van der Waals surface area contributed by atoms with E-state index >= 15 is 0 Å². The molecular weight excluding hydrogens is 457 g/mol. The summed E-state index contributed by atoms with van der Waals surface area (Å²) in [6.45, 7) is 1.73. The highest BCUT2D eigenvalue weighted by atomic mass is 35.5. The van der Waals surface area contributed by atoms with Crippen molar-refractivity contribution >= 4 is 57.6 Å². The number of rotatable bonds is 3. The summed E-state index contributed by atoms with van der Waals surface area (Å²) in [4.78, 5) is 34.0. The van der Waals surface area contributed by atoms with Crippen LogP contribution < -0.4 is 0 Å². The molecular formula is C26H18ClFN3O3+. The largest absolute Gasteiger partial charge is 0.461 e. The minimum atomic E-state index is -0.669. The Morgan fingerprint density at radius 3 is 2.76 bits per heavy atom. The molecule has 2 aliphatic heterocycles. The van der Waals surface area contributed by atoms with E-state index in [2.05, 4.69) is 9.98 Å². The number of carbonyl (C=O) groups is 2. The quantitative estimate of drug-likeness (QED) is 0.238. The number of aliphatic imine (C=N–C) groups is 1. The van der Waals surface area contributed by atoms with Gasteiger partial charge in [0, 0.05) is 17.7 Å². The zero-order valence-corrected chi connectivity index (χ0v) is 19.1. The third-order valence-corrected chi connectivity index (χ3v) is 6.17. The molecule has 2 aromatic carbocycles. The summed E-state index contributed by atoms with van der Waals surface area (Å²) in [5, 5.41) is 1.13. The molecule has 0 saturated carbocycles. The minimum absolute atomic E-state index is 0.106. The molecule has 0 aliphatic carbocycles. The molecule has 168 valence electrons. The van der Waals surface area contributed by atoms with Crippen molar-refractivity contribution in [3.8, 4) is 0 Å². The molecule has 8 heteroatoms. The van der Waals surface area contributed by atoms with Gasteiger partial charge in [0.05, 0.1) is 34.9 Å². The van der Waals surface area contributed by atoms with Crippen molar-refractivity contribution in [2.24, 2.45) is 4.99 Å². The predicted molar refractivity (Wildman–Crippen MR) is 128 cm³/mol. The second-order valence-corrected chi connectivity index (χ2v) is 8.27. The summed E-state index contributed by atoms with van der Waals surface area (Å²) in [5.41, 5.74) is 3.37. The number of benzene rings is 2. The standard InChI is InChI=1S/C26H18ClFN3O3/c1-14-10-18-21(12-19(14)28)31(13-16-11-15-6-3-4-8-20(15)30-24(16)27)23(26(33)34-2)22(18)17-7-5-9-29-25(17)32/h3-12H,13H2,1-2H3/q+1/b22-17-. The highest BCUT2D eigenvalue weighted by Gasteiger charge is 2.43. The van der Waals surface area contributed by atoms with E-state index in [1.807, 2.05) is 30.3 Å². The van der Waals surface area contributed by atoms with Crippen LogP contribution in [0, 0.1) is 12.7 Å². The van der Waals surface area contributed by atoms with E-state index in [9.17, 15) is 14.0 Å². The topological polar surface area (TPSA) is 71.6 Å². The lowest BCUT2D eigenvalue weighted by molar-refractivity contribution is -0.453. The maximum atomic E-state index is 14.7. The van der Waals surface area contributed by atoms with Crippen LogP contribution in [0.2, 0.25) is 5.15 Å². The maximum absolute atomic E-state index is 14.7. The number of aromatic nitrogens is 1. The van der Waals surface area contributed by atoms with Crippen molar-refractivity contribution in [2.75, 3.05) is 7.11 Å². The molecule has 0 fully saturated rings. The summed E-state index contributed by atoms with van der Waals surface area (Å²) >= 11 is 6.50. The molecule has 0 unspecified atom stereocenters. The summed E-state index contributed by atoms with van der Waals surface area (Å²) in [6, 6.07) is 12.4. The fourth-order valence-corrected chi connectivity index (χ4v) is 4.43. The average molecular weight is 475 g/mol. The Kier molecular flexibility index (Phi) is 5.42. The number of esters is 1. The molecule has 0 radical (unpaired) electrons. The number of amides is 1. The third kappa shape index (κ3) is 3.54. The molecule has 2 aliphatic rings. The van der Waals surface area contributed by atoms with Gasteiger partial charge in [-0.25, -0.2) is 19.2 Å². The van der Waals surface area contributed by atoms with Gasteiger partial charge in [-0.05, 0) is 42.8 Å². The van der Waals surface area contributed by atoms with E-state index in [-0.39, 0.29) is 23.0 Å². The van der Waals surface area contributed by atoms with E-state index in [1.165, 1.54) is 19.4 Å². The van der Waals surface area contributed by atoms with Crippen LogP contribution in [0.15, 0.2) is 65.2 Å². The van der Waals surface area contributed by atoms with Crippen LogP contribution in [-0.4, -0.2) is 40.5 Å². The van der Waals surface area contributed by atoms with Gasteiger partial charge in [-0.1, -0.05) is 29.8 Å². The maximum Gasteiger partial charge on any atom is 0.404 e. The van der Waals surface area contributed by atoms with Crippen LogP contribution in [-0.2, 0) is 20.9 Å². The molecule has 0 bridgehead atoms. The van der Waals surface area contributed by atoms with Gasteiger partial charge in [-0.3, -0.25) is 4.79 Å².